The van der Waals surface area contributed by atoms with E-state index in [0.717, 1.165) is 6.07 Å². The molecule has 102 valence electrons. The van der Waals surface area contributed by atoms with Crippen molar-refractivity contribution >= 4 is 22.8 Å². The van der Waals surface area contributed by atoms with Gasteiger partial charge in [-0.3, -0.25) is 14.7 Å². The Hall–Kier alpha value is -1.50. The number of rotatable bonds is 1. The average molecular weight is 288 g/mol. The summed E-state index contributed by atoms with van der Waals surface area (Å²) in [5.41, 5.74) is -1.24. The van der Waals surface area contributed by atoms with E-state index in [1.807, 2.05) is 0 Å². The van der Waals surface area contributed by atoms with Crippen LogP contribution >= 0.6 is 11.8 Å². The van der Waals surface area contributed by atoms with Gasteiger partial charge in [0.15, 0.2) is 5.17 Å². The van der Waals surface area contributed by atoms with Crippen molar-refractivity contribution < 1.29 is 18.0 Å². The first-order valence-electron chi connectivity index (χ1n) is 5.51. The fraction of sp³-hybridized carbons (Fsp3) is 0.333. The molecule has 1 aromatic rings. The van der Waals surface area contributed by atoms with E-state index >= 15 is 0 Å². The van der Waals surface area contributed by atoms with Crippen LogP contribution in [0.15, 0.2) is 29.3 Å². The molecule has 1 aromatic carbocycles. The van der Waals surface area contributed by atoms with Gasteiger partial charge in [-0.1, -0.05) is 23.9 Å². The number of carbonyl (C=O) groups excluding carboxylic acids is 1. The summed E-state index contributed by atoms with van der Waals surface area (Å²) in [6, 6.07) is 4.81. The third kappa shape index (κ3) is 2.75. The number of amides is 1. The van der Waals surface area contributed by atoms with E-state index < -0.39 is 17.6 Å². The molecule has 0 N–H and O–H groups in total. The van der Waals surface area contributed by atoms with E-state index in [2.05, 4.69) is 4.99 Å². The molecule has 0 unspecified atom stereocenters. The average Bonchev–Trinajstić information content (AvgIpc) is 2.85. The Morgan fingerprint density at radius 1 is 1.37 bits per heavy atom. The van der Waals surface area contributed by atoms with Crippen molar-refractivity contribution in [2.45, 2.75) is 6.18 Å². The van der Waals surface area contributed by atoms with Crippen molar-refractivity contribution in [1.82, 2.24) is 4.90 Å². The summed E-state index contributed by atoms with van der Waals surface area (Å²) >= 11 is 1.25. The maximum Gasteiger partial charge on any atom is 0.417 e. The van der Waals surface area contributed by atoms with Crippen LogP contribution in [-0.2, 0) is 6.18 Å². The highest BCUT2D eigenvalue weighted by Gasteiger charge is 2.37. The highest BCUT2D eigenvalue weighted by molar-refractivity contribution is 8.13. The quantitative estimate of drug-likeness (QED) is 0.796. The lowest BCUT2D eigenvalue weighted by Gasteiger charge is -2.19. The number of amidine groups is 1. The van der Waals surface area contributed by atoms with Crippen molar-refractivity contribution in [3.8, 4) is 0 Å². The number of nitrogens with zero attached hydrogens (tertiary/aromatic N) is 2. The molecule has 1 aliphatic heterocycles. The normalized spacial score (nSPS) is 15.6. The molecule has 0 aromatic heterocycles. The van der Waals surface area contributed by atoms with Crippen LogP contribution in [0.4, 0.5) is 13.2 Å². The number of carbonyl (C=O) groups is 1. The zero-order valence-corrected chi connectivity index (χ0v) is 10.9. The van der Waals surface area contributed by atoms with Crippen LogP contribution in [-0.4, -0.2) is 35.3 Å². The molecule has 0 saturated heterocycles. The minimum atomic E-state index is -4.54. The fourth-order valence-electron chi connectivity index (χ4n) is 1.85. The first-order chi connectivity index (χ1) is 8.95. The maximum atomic E-state index is 12.9. The lowest BCUT2D eigenvalue weighted by Crippen LogP contribution is -2.34. The van der Waals surface area contributed by atoms with Crippen LogP contribution in [0.3, 0.4) is 0 Å². The zero-order chi connectivity index (χ0) is 14.0. The molecule has 7 heteroatoms. The Morgan fingerprint density at radius 2 is 2.05 bits per heavy atom. The molecular formula is C12H11F3N2OS. The number of alkyl halides is 3. The van der Waals surface area contributed by atoms with Gasteiger partial charge in [0.05, 0.1) is 17.7 Å². The zero-order valence-electron chi connectivity index (χ0n) is 10.1. The summed E-state index contributed by atoms with van der Waals surface area (Å²) in [6.45, 7) is 0.747. The molecule has 0 aliphatic carbocycles. The summed E-state index contributed by atoms with van der Waals surface area (Å²) in [4.78, 5) is 17.6. The van der Waals surface area contributed by atoms with Crippen molar-refractivity contribution in [1.29, 1.82) is 0 Å². The topological polar surface area (TPSA) is 32.7 Å². The van der Waals surface area contributed by atoms with Gasteiger partial charge in [-0.2, -0.15) is 13.2 Å². The molecule has 1 amide bonds. The van der Waals surface area contributed by atoms with E-state index in [0.29, 0.717) is 18.3 Å². The minimum Gasteiger partial charge on any atom is -0.286 e. The van der Waals surface area contributed by atoms with Crippen molar-refractivity contribution in [3.05, 3.63) is 35.4 Å². The molecule has 0 bridgehead atoms. The predicted molar refractivity (Wildman–Crippen MR) is 68.3 cm³/mol. The number of hydrogen-bond acceptors (Lipinski definition) is 3. The molecule has 0 saturated carbocycles. The van der Waals surface area contributed by atoms with Crippen molar-refractivity contribution in [2.75, 3.05) is 19.3 Å². The lowest BCUT2D eigenvalue weighted by molar-refractivity contribution is -0.138. The molecule has 19 heavy (non-hydrogen) atoms. The van der Waals surface area contributed by atoms with Gasteiger partial charge in [-0.25, -0.2) is 0 Å². The number of benzene rings is 1. The second kappa shape index (κ2) is 5.24. The van der Waals surface area contributed by atoms with E-state index in [1.165, 1.54) is 34.9 Å². The summed E-state index contributed by atoms with van der Waals surface area (Å²) < 4.78 is 38.6. The highest BCUT2D eigenvalue weighted by atomic mass is 32.2. The Bertz CT molecular complexity index is 528. The third-order valence-corrected chi connectivity index (χ3v) is 3.41. The van der Waals surface area contributed by atoms with Gasteiger partial charge in [-0.05, 0) is 18.4 Å². The molecule has 0 atom stereocenters. The monoisotopic (exact) mass is 288 g/mol. The van der Waals surface area contributed by atoms with Crippen LogP contribution < -0.4 is 0 Å². The molecule has 3 nitrogen and oxygen atoms in total. The highest BCUT2D eigenvalue weighted by Crippen LogP contribution is 2.32. The van der Waals surface area contributed by atoms with Crippen molar-refractivity contribution in [3.63, 3.8) is 0 Å². The van der Waals surface area contributed by atoms with Gasteiger partial charge in [0.1, 0.15) is 0 Å². The Morgan fingerprint density at radius 3 is 2.68 bits per heavy atom. The standard InChI is InChI=1S/C12H11F3N2OS/c1-19-11-16-6-7-17(11)10(18)8-4-2-3-5-9(8)12(13,14)15/h2-5H,6-7H2,1H3. The molecule has 0 spiro atoms. The first kappa shape index (κ1) is 13.9. The van der Waals surface area contributed by atoms with E-state index in [9.17, 15) is 18.0 Å². The second-order valence-corrected chi connectivity index (χ2v) is 4.64. The van der Waals surface area contributed by atoms with Crippen LogP contribution in [0, 0.1) is 0 Å². The molecular weight excluding hydrogens is 277 g/mol. The van der Waals surface area contributed by atoms with Crippen LogP contribution in [0.5, 0.6) is 0 Å². The van der Waals surface area contributed by atoms with Crippen molar-refractivity contribution in [2.24, 2.45) is 4.99 Å². The summed E-state index contributed by atoms with van der Waals surface area (Å²) in [5, 5.41) is 0.460. The van der Waals surface area contributed by atoms with E-state index in [-0.39, 0.29) is 5.56 Å². The van der Waals surface area contributed by atoms with Crippen LogP contribution in [0.25, 0.3) is 0 Å². The van der Waals surface area contributed by atoms with Crippen LogP contribution in [0.2, 0.25) is 0 Å². The largest absolute Gasteiger partial charge is 0.417 e. The second-order valence-electron chi connectivity index (χ2n) is 3.87. The number of thioether (sulfide) groups is 1. The molecule has 1 heterocycles. The Kier molecular flexibility index (Phi) is 3.84. The smallest absolute Gasteiger partial charge is 0.286 e. The van der Waals surface area contributed by atoms with Gasteiger partial charge < -0.3 is 0 Å². The van der Waals surface area contributed by atoms with Gasteiger partial charge in [0, 0.05) is 6.54 Å². The van der Waals surface area contributed by atoms with E-state index in [4.69, 9.17) is 0 Å². The predicted octanol–water partition coefficient (Wildman–Crippen LogP) is 2.88. The molecule has 2 rings (SSSR count). The lowest BCUT2D eigenvalue weighted by atomic mass is 10.1. The SMILES string of the molecule is CSC1=NCCN1C(=O)c1ccccc1C(F)(F)F. The third-order valence-electron chi connectivity index (χ3n) is 2.69. The molecule has 1 aliphatic rings. The first-order valence-corrected chi connectivity index (χ1v) is 6.74. The molecule has 0 radical (unpaired) electrons. The summed E-state index contributed by atoms with van der Waals surface area (Å²) in [6.07, 6.45) is -2.80. The van der Waals surface area contributed by atoms with Gasteiger partial charge in [0.25, 0.3) is 5.91 Å². The minimum absolute atomic E-state index is 0.321. The Labute approximate surface area is 112 Å². The molecule has 0 fully saturated rings. The summed E-state index contributed by atoms with van der Waals surface area (Å²) in [5.74, 6) is -0.654. The van der Waals surface area contributed by atoms with Gasteiger partial charge >= 0.3 is 6.18 Å². The number of aliphatic imine (C=N–C) groups is 1. The summed E-state index contributed by atoms with van der Waals surface area (Å²) in [7, 11) is 0. The van der Waals surface area contributed by atoms with Crippen LogP contribution in [0.1, 0.15) is 15.9 Å². The number of hydrogen-bond donors (Lipinski definition) is 0. The Balaban J connectivity index is 2.38. The fourth-order valence-corrected chi connectivity index (χ4v) is 2.47. The maximum absolute atomic E-state index is 12.9. The van der Waals surface area contributed by atoms with E-state index in [1.54, 1.807) is 6.26 Å². The van der Waals surface area contributed by atoms with Gasteiger partial charge in [-0.15, -0.1) is 0 Å². The van der Waals surface area contributed by atoms with Gasteiger partial charge in [0.2, 0.25) is 0 Å². The number of halogens is 3.